The predicted octanol–water partition coefficient (Wildman–Crippen LogP) is 2.61. The second-order valence-electron chi connectivity index (χ2n) is 5.69. The lowest BCUT2D eigenvalue weighted by molar-refractivity contribution is 0.0703. The molecule has 1 amide bonds. The first-order chi connectivity index (χ1) is 9.97. The minimum atomic E-state index is 0.0187. The first-order valence-corrected chi connectivity index (χ1v) is 7.73. The number of nitrogens with two attached hydrogens (primary N) is 1. The number of amides is 1. The van der Waals surface area contributed by atoms with Gasteiger partial charge in [-0.25, -0.2) is 0 Å². The van der Waals surface area contributed by atoms with Crippen LogP contribution in [0.3, 0.4) is 0 Å². The van der Waals surface area contributed by atoms with Gasteiger partial charge in [0, 0.05) is 24.6 Å². The van der Waals surface area contributed by atoms with Crippen LogP contribution < -0.4 is 10.5 Å². The van der Waals surface area contributed by atoms with Crippen molar-refractivity contribution in [2.24, 2.45) is 11.7 Å². The molecule has 21 heavy (non-hydrogen) atoms. The molecule has 1 aromatic carbocycles. The number of likely N-dealkylation sites (tertiary alicyclic amines) is 1. The van der Waals surface area contributed by atoms with E-state index in [4.69, 9.17) is 22.7 Å². The van der Waals surface area contributed by atoms with Crippen molar-refractivity contribution in [3.05, 3.63) is 29.8 Å². The lowest BCUT2D eigenvalue weighted by Crippen LogP contribution is -2.43. The molecule has 0 spiro atoms. The number of rotatable bonds is 4. The third kappa shape index (κ3) is 4.17. The van der Waals surface area contributed by atoms with Crippen LogP contribution in [0.2, 0.25) is 0 Å². The molecule has 0 radical (unpaired) electrons. The van der Waals surface area contributed by atoms with Crippen molar-refractivity contribution >= 4 is 23.1 Å². The van der Waals surface area contributed by atoms with Crippen LogP contribution in [0.15, 0.2) is 24.3 Å². The summed E-state index contributed by atoms with van der Waals surface area (Å²) in [6.45, 7) is 5.30. The highest BCUT2D eigenvalue weighted by Gasteiger charge is 2.26. The predicted molar refractivity (Wildman–Crippen MR) is 87.6 cm³/mol. The Morgan fingerprint density at radius 1 is 1.48 bits per heavy atom. The van der Waals surface area contributed by atoms with Crippen LogP contribution in [0.1, 0.15) is 37.0 Å². The summed E-state index contributed by atoms with van der Waals surface area (Å²) in [5.74, 6) is 0.872. The van der Waals surface area contributed by atoms with Crippen molar-refractivity contribution in [1.82, 2.24) is 4.90 Å². The second kappa shape index (κ2) is 6.89. The Labute approximate surface area is 131 Å². The molecule has 1 unspecified atom stereocenters. The zero-order valence-electron chi connectivity index (χ0n) is 12.5. The zero-order chi connectivity index (χ0) is 15.4. The average molecular weight is 306 g/mol. The van der Waals surface area contributed by atoms with Gasteiger partial charge in [0.25, 0.3) is 5.91 Å². The molecule has 0 saturated carbocycles. The molecule has 2 N–H and O–H groups in total. The number of carbonyl (C=O) groups is 1. The monoisotopic (exact) mass is 306 g/mol. The van der Waals surface area contributed by atoms with Crippen LogP contribution in [0.4, 0.5) is 0 Å². The largest absolute Gasteiger partial charge is 0.491 e. The summed E-state index contributed by atoms with van der Waals surface area (Å²) in [6.07, 6.45) is 2.00. The van der Waals surface area contributed by atoms with Gasteiger partial charge in [0.15, 0.2) is 0 Å². The van der Waals surface area contributed by atoms with Crippen LogP contribution in [-0.4, -0.2) is 35.0 Å². The summed E-state index contributed by atoms with van der Waals surface area (Å²) >= 11 is 5.06. The quantitative estimate of drug-likeness (QED) is 0.869. The Kier molecular flexibility index (Phi) is 5.17. The highest BCUT2D eigenvalue weighted by Crippen LogP contribution is 2.21. The van der Waals surface area contributed by atoms with Crippen molar-refractivity contribution < 1.29 is 9.53 Å². The lowest BCUT2D eigenvalue weighted by atomic mass is 9.97. The summed E-state index contributed by atoms with van der Waals surface area (Å²) in [5, 5.41) is 0. The van der Waals surface area contributed by atoms with Gasteiger partial charge in [-0.05, 0) is 44.9 Å². The number of benzene rings is 1. The summed E-state index contributed by atoms with van der Waals surface area (Å²) in [7, 11) is 0. The highest BCUT2D eigenvalue weighted by molar-refractivity contribution is 7.80. The minimum Gasteiger partial charge on any atom is -0.491 e. The molecule has 1 saturated heterocycles. The summed E-state index contributed by atoms with van der Waals surface area (Å²) in [6, 6.07) is 7.33. The van der Waals surface area contributed by atoms with E-state index in [2.05, 4.69) is 0 Å². The van der Waals surface area contributed by atoms with E-state index in [1.807, 2.05) is 36.9 Å². The van der Waals surface area contributed by atoms with Gasteiger partial charge in [0.2, 0.25) is 0 Å². The molecule has 1 aliphatic rings. The molecule has 0 bridgehead atoms. The lowest BCUT2D eigenvalue weighted by Gasteiger charge is -2.32. The maximum absolute atomic E-state index is 12.6. The van der Waals surface area contributed by atoms with Crippen molar-refractivity contribution in [3.8, 4) is 5.75 Å². The van der Waals surface area contributed by atoms with E-state index >= 15 is 0 Å². The Hall–Kier alpha value is -1.62. The maximum atomic E-state index is 12.6. The van der Waals surface area contributed by atoms with E-state index in [0.717, 1.165) is 25.1 Å². The maximum Gasteiger partial charge on any atom is 0.254 e. The molecule has 2 rings (SSSR count). The van der Waals surface area contributed by atoms with Gasteiger partial charge in [0.1, 0.15) is 5.75 Å². The van der Waals surface area contributed by atoms with Crippen LogP contribution in [0, 0.1) is 5.92 Å². The van der Waals surface area contributed by atoms with Crippen LogP contribution >= 0.6 is 12.2 Å². The molecule has 1 heterocycles. The summed E-state index contributed by atoms with van der Waals surface area (Å²) in [4.78, 5) is 14.9. The van der Waals surface area contributed by atoms with Crippen molar-refractivity contribution in [2.45, 2.75) is 32.8 Å². The van der Waals surface area contributed by atoms with Gasteiger partial charge in [0.05, 0.1) is 11.1 Å². The van der Waals surface area contributed by atoms with Gasteiger partial charge in [-0.3, -0.25) is 4.79 Å². The fraction of sp³-hybridized carbons (Fsp3) is 0.500. The molecule has 0 aliphatic carbocycles. The van der Waals surface area contributed by atoms with Gasteiger partial charge in [-0.2, -0.15) is 0 Å². The van der Waals surface area contributed by atoms with Gasteiger partial charge >= 0.3 is 0 Å². The molecule has 4 nitrogen and oxygen atoms in total. The molecule has 5 heteroatoms. The number of hydrogen-bond donors (Lipinski definition) is 1. The van der Waals surface area contributed by atoms with Gasteiger partial charge in [-0.1, -0.05) is 18.3 Å². The molecule has 1 aliphatic heterocycles. The second-order valence-corrected chi connectivity index (χ2v) is 6.16. The molecule has 0 aromatic heterocycles. The zero-order valence-corrected chi connectivity index (χ0v) is 13.4. The van der Waals surface area contributed by atoms with Crippen molar-refractivity contribution in [1.29, 1.82) is 0 Å². The molecule has 114 valence electrons. The minimum absolute atomic E-state index is 0.0187. The van der Waals surface area contributed by atoms with Crippen molar-refractivity contribution in [3.63, 3.8) is 0 Å². The summed E-state index contributed by atoms with van der Waals surface area (Å²) in [5.41, 5.74) is 6.37. The summed E-state index contributed by atoms with van der Waals surface area (Å²) < 4.78 is 5.64. The van der Waals surface area contributed by atoms with E-state index < -0.39 is 0 Å². The van der Waals surface area contributed by atoms with E-state index in [0.29, 0.717) is 17.1 Å². The van der Waals surface area contributed by atoms with Crippen LogP contribution in [0.5, 0.6) is 5.75 Å². The number of hydrogen-bond acceptors (Lipinski definition) is 3. The molecule has 1 atom stereocenters. The van der Waals surface area contributed by atoms with Crippen LogP contribution in [0.25, 0.3) is 0 Å². The fourth-order valence-corrected chi connectivity index (χ4v) is 2.74. The van der Waals surface area contributed by atoms with E-state index in [1.165, 1.54) is 0 Å². The number of nitrogens with zero attached hydrogens (tertiary/aromatic N) is 1. The normalized spacial score (nSPS) is 18.6. The Morgan fingerprint density at radius 2 is 2.24 bits per heavy atom. The molecule has 1 fully saturated rings. The first-order valence-electron chi connectivity index (χ1n) is 7.32. The van der Waals surface area contributed by atoms with Gasteiger partial charge in [-0.15, -0.1) is 0 Å². The average Bonchev–Trinajstić information content (AvgIpc) is 2.46. The number of carbonyl (C=O) groups excluding carboxylic acids is 1. The standard InChI is InChI=1S/C16H22N2O2S/c1-11(2)20-14-7-3-5-12(9-14)16(19)18-8-4-6-13(10-18)15(17)21/h3,5,7,9,11,13H,4,6,8,10H2,1-2H3,(H2,17,21). The van der Waals surface area contributed by atoms with Crippen molar-refractivity contribution in [2.75, 3.05) is 13.1 Å². The Morgan fingerprint density at radius 3 is 2.90 bits per heavy atom. The Balaban J connectivity index is 2.10. The SMILES string of the molecule is CC(C)Oc1cccc(C(=O)N2CCCC(C(N)=S)C2)c1. The highest BCUT2D eigenvalue weighted by atomic mass is 32.1. The van der Waals surface area contributed by atoms with E-state index in [1.54, 1.807) is 6.07 Å². The number of thiocarbonyl (C=S) groups is 1. The first kappa shape index (κ1) is 15.8. The van der Waals surface area contributed by atoms with E-state index in [9.17, 15) is 4.79 Å². The molecule has 1 aromatic rings. The van der Waals surface area contributed by atoms with Gasteiger partial charge < -0.3 is 15.4 Å². The molecular weight excluding hydrogens is 284 g/mol. The fourth-order valence-electron chi connectivity index (χ4n) is 2.55. The third-order valence-corrected chi connectivity index (χ3v) is 3.90. The number of piperidine rings is 1. The van der Waals surface area contributed by atoms with Crippen LogP contribution in [-0.2, 0) is 0 Å². The topological polar surface area (TPSA) is 55.6 Å². The smallest absolute Gasteiger partial charge is 0.254 e. The Bertz CT molecular complexity index is 531. The third-order valence-electron chi connectivity index (χ3n) is 3.56. The molecular formula is C16H22N2O2S. The van der Waals surface area contributed by atoms with E-state index in [-0.39, 0.29) is 17.9 Å². The number of ether oxygens (including phenoxy) is 1.